The van der Waals surface area contributed by atoms with Crippen molar-refractivity contribution in [2.45, 2.75) is 45.0 Å². The third-order valence-electron chi connectivity index (χ3n) is 4.63. The van der Waals surface area contributed by atoms with E-state index >= 15 is 0 Å². The molecular weight excluding hydrogens is 403 g/mol. The number of carbonyl (C=O) groups is 2. The highest BCUT2D eigenvalue weighted by molar-refractivity contribution is 5.89. The first kappa shape index (κ1) is 23.4. The number of aromatic nitrogens is 1. The monoisotopic (exact) mass is 427 g/mol. The highest BCUT2D eigenvalue weighted by atomic mass is 19.4. The predicted octanol–water partition coefficient (Wildman–Crippen LogP) is 2.22. The van der Waals surface area contributed by atoms with Crippen LogP contribution in [-0.2, 0) is 16.0 Å². The van der Waals surface area contributed by atoms with E-state index in [4.69, 9.17) is 4.52 Å². The molecule has 2 rings (SSSR count). The highest BCUT2D eigenvalue weighted by Gasteiger charge is 2.39. The maximum atomic E-state index is 12.6. The van der Waals surface area contributed by atoms with Crippen LogP contribution in [0.1, 0.15) is 24.8 Å². The Morgan fingerprint density at radius 1 is 1.43 bits per heavy atom. The number of likely N-dealkylation sites (tertiary alicyclic amines) is 1. The predicted molar refractivity (Wildman–Crippen MR) is 102 cm³/mol. The van der Waals surface area contributed by atoms with Gasteiger partial charge in [0.25, 0.3) is 0 Å². The summed E-state index contributed by atoms with van der Waals surface area (Å²) in [6.07, 6.45) is -1.88. The third-order valence-corrected chi connectivity index (χ3v) is 4.63. The maximum Gasteiger partial charge on any atom is 0.412 e. The van der Waals surface area contributed by atoms with Crippen molar-refractivity contribution < 1.29 is 32.4 Å². The van der Waals surface area contributed by atoms with E-state index in [1.807, 2.05) is 0 Å². The van der Waals surface area contributed by atoms with Crippen LogP contribution in [0.5, 0.6) is 0 Å². The Kier molecular flexibility index (Phi) is 7.60. The number of aliphatic hydroxyl groups excluding tert-OH is 1. The Bertz CT molecular complexity index is 858. The Labute approximate surface area is 171 Å². The molecule has 0 aromatic carbocycles. The quantitative estimate of drug-likeness (QED) is 0.651. The molecule has 2 N–H and O–H groups in total. The van der Waals surface area contributed by atoms with Crippen LogP contribution in [0, 0.1) is 6.92 Å². The average molecular weight is 427 g/mol. The zero-order valence-electron chi connectivity index (χ0n) is 16.7. The van der Waals surface area contributed by atoms with Crippen molar-refractivity contribution in [3.63, 3.8) is 0 Å². The van der Waals surface area contributed by atoms with Crippen LogP contribution in [0.15, 0.2) is 46.5 Å². The lowest BCUT2D eigenvalue weighted by Gasteiger charge is -2.23. The Hall–Kier alpha value is -2.88. The number of rotatable bonds is 7. The molecule has 1 saturated heterocycles. The fourth-order valence-electron chi connectivity index (χ4n) is 2.92. The van der Waals surface area contributed by atoms with Gasteiger partial charge in [0, 0.05) is 31.1 Å². The molecule has 0 aliphatic carbocycles. The second kappa shape index (κ2) is 9.75. The number of amides is 2. The van der Waals surface area contributed by atoms with Gasteiger partial charge in [-0.15, -0.1) is 0 Å². The standard InChI is InChI=1S/C20H24F3N3O4/c1-4-14(6-5-12(2)20(21,22)23)10-24-19(29)17-8-15(27)11-26(17)18(28)9-16-7-13(3)25-30-16/h4-7,15,17,27H,1,8-11H2,2-3H3,(H,24,29)/b12-5+,14-6+/t15-,17+/m1/s1. The molecule has 0 spiro atoms. The molecule has 0 saturated carbocycles. The van der Waals surface area contributed by atoms with E-state index < -0.39 is 35.7 Å². The number of carbonyl (C=O) groups excluding carboxylic acids is 2. The summed E-state index contributed by atoms with van der Waals surface area (Å²) >= 11 is 0. The number of aryl methyl sites for hydroxylation is 1. The SMILES string of the molecule is C=C/C(=C\C=C(/C)C(F)(F)F)CNC(=O)[C@@H]1C[C@@H](O)CN1C(=O)Cc1cc(C)no1. The van der Waals surface area contributed by atoms with Gasteiger partial charge in [0.1, 0.15) is 11.8 Å². The lowest BCUT2D eigenvalue weighted by Crippen LogP contribution is -2.46. The molecule has 0 bridgehead atoms. The van der Waals surface area contributed by atoms with Crippen LogP contribution in [0.4, 0.5) is 13.2 Å². The van der Waals surface area contributed by atoms with Crippen LogP contribution in [-0.4, -0.2) is 58.4 Å². The molecule has 164 valence electrons. The molecule has 30 heavy (non-hydrogen) atoms. The third kappa shape index (κ3) is 6.31. The average Bonchev–Trinajstić information content (AvgIpc) is 3.25. The topological polar surface area (TPSA) is 95.7 Å². The number of hydrogen-bond donors (Lipinski definition) is 2. The van der Waals surface area contributed by atoms with Gasteiger partial charge < -0.3 is 19.8 Å². The van der Waals surface area contributed by atoms with Crippen LogP contribution in [0.2, 0.25) is 0 Å². The summed E-state index contributed by atoms with van der Waals surface area (Å²) in [5, 5.41) is 16.2. The number of hydrogen-bond acceptors (Lipinski definition) is 5. The molecule has 2 heterocycles. The molecule has 1 fully saturated rings. The van der Waals surface area contributed by atoms with Gasteiger partial charge in [0.05, 0.1) is 18.2 Å². The summed E-state index contributed by atoms with van der Waals surface area (Å²) in [5.41, 5.74) is 0.194. The number of aliphatic hydroxyl groups is 1. The van der Waals surface area contributed by atoms with Gasteiger partial charge in [0.2, 0.25) is 11.8 Å². The Morgan fingerprint density at radius 2 is 2.13 bits per heavy atom. The highest BCUT2D eigenvalue weighted by Crippen LogP contribution is 2.25. The van der Waals surface area contributed by atoms with Crippen LogP contribution in [0.25, 0.3) is 0 Å². The zero-order valence-corrected chi connectivity index (χ0v) is 16.7. The van der Waals surface area contributed by atoms with Crippen molar-refractivity contribution in [3.05, 3.63) is 53.5 Å². The van der Waals surface area contributed by atoms with Crippen molar-refractivity contribution in [1.82, 2.24) is 15.4 Å². The number of allylic oxidation sites excluding steroid dienone is 3. The molecule has 1 aliphatic rings. The minimum absolute atomic E-state index is 0.00170. The van der Waals surface area contributed by atoms with Crippen LogP contribution < -0.4 is 5.32 Å². The zero-order chi connectivity index (χ0) is 22.5. The molecular formula is C20H24F3N3O4. The van der Waals surface area contributed by atoms with Crippen LogP contribution in [0.3, 0.4) is 0 Å². The fraction of sp³-hybridized carbons (Fsp3) is 0.450. The maximum absolute atomic E-state index is 12.6. The van der Waals surface area contributed by atoms with Gasteiger partial charge >= 0.3 is 6.18 Å². The van der Waals surface area contributed by atoms with E-state index in [9.17, 15) is 27.9 Å². The molecule has 7 nitrogen and oxygen atoms in total. The Balaban J connectivity index is 2.01. The molecule has 2 amide bonds. The molecule has 1 aliphatic heterocycles. The second-order valence-corrected chi connectivity index (χ2v) is 7.07. The summed E-state index contributed by atoms with van der Waals surface area (Å²) < 4.78 is 42.7. The summed E-state index contributed by atoms with van der Waals surface area (Å²) in [7, 11) is 0. The minimum atomic E-state index is -4.44. The largest absolute Gasteiger partial charge is 0.412 e. The number of nitrogens with zero attached hydrogens (tertiary/aromatic N) is 2. The summed E-state index contributed by atoms with van der Waals surface area (Å²) in [5.74, 6) is -0.564. The van der Waals surface area contributed by atoms with Gasteiger partial charge in [-0.2, -0.15) is 13.2 Å². The Morgan fingerprint density at radius 3 is 2.70 bits per heavy atom. The van der Waals surface area contributed by atoms with Crippen molar-refractivity contribution in [2.75, 3.05) is 13.1 Å². The normalized spacial score (nSPS) is 20.4. The van der Waals surface area contributed by atoms with E-state index in [0.717, 1.165) is 13.0 Å². The lowest BCUT2D eigenvalue weighted by molar-refractivity contribution is -0.138. The number of β-amino-alcohol motifs (C(OH)–C–C–N with tert-alkyl or cyclic N) is 1. The summed E-state index contributed by atoms with van der Waals surface area (Å²) in [6, 6.07) is 0.715. The molecule has 0 unspecified atom stereocenters. The van der Waals surface area contributed by atoms with E-state index in [1.165, 1.54) is 17.1 Å². The first-order chi connectivity index (χ1) is 14.0. The van der Waals surface area contributed by atoms with Gasteiger partial charge in [-0.3, -0.25) is 9.59 Å². The minimum Gasteiger partial charge on any atom is -0.391 e. The molecule has 1 aromatic rings. The van der Waals surface area contributed by atoms with Gasteiger partial charge in [-0.1, -0.05) is 30.0 Å². The summed E-state index contributed by atoms with van der Waals surface area (Å²) in [6.45, 7) is 6.11. The van der Waals surface area contributed by atoms with E-state index in [0.29, 0.717) is 17.0 Å². The number of nitrogens with one attached hydrogen (secondary N) is 1. The van der Waals surface area contributed by atoms with E-state index in [2.05, 4.69) is 17.1 Å². The summed E-state index contributed by atoms with van der Waals surface area (Å²) in [4.78, 5) is 26.4. The van der Waals surface area contributed by atoms with Crippen LogP contribution >= 0.6 is 0 Å². The van der Waals surface area contributed by atoms with Gasteiger partial charge in [-0.25, -0.2) is 0 Å². The van der Waals surface area contributed by atoms with Gasteiger partial charge in [0.15, 0.2) is 0 Å². The van der Waals surface area contributed by atoms with E-state index in [-0.39, 0.29) is 25.9 Å². The van der Waals surface area contributed by atoms with Crippen molar-refractivity contribution in [2.24, 2.45) is 0 Å². The van der Waals surface area contributed by atoms with Crippen molar-refractivity contribution in [1.29, 1.82) is 0 Å². The first-order valence-electron chi connectivity index (χ1n) is 9.25. The number of halogens is 3. The second-order valence-electron chi connectivity index (χ2n) is 7.07. The van der Waals surface area contributed by atoms with Gasteiger partial charge in [-0.05, 0) is 19.4 Å². The van der Waals surface area contributed by atoms with Crippen molar-refractivity contribution in [3.8, 4) is 0 Å². The molecule has 0 radical (unpaired) electrons. The lowest BCUT2D eigenvalue weighted by atomic mass is 10.1. The van der Waals surface area contributed by atoms with Crippen molar-refractivity contribution >= 4 is 11.8 Å². The fourth-order valence-corrected chi connectivity index (χ4v) is 2.92. The number of alkyl halides is 3. The van der Waals surface area contributed by atoms with E-state index in [1.54, 1.807) is 13.0 Å². The molecule has 2 atom stereocenters. The molecule has 10 heteroatoms. The smallest absolute Gasteiger partial charge is 0.391 e. The first-order valence-corrected chi connectivity index (χ1v) is 9.25. The molecule has 1 aromatic heterocycles.